The molecule has 3 nitrogen and oxygen atoms in total. The molecule has 0 saturated heterocycles. The van der Waals surface area contributed by atoms with Gasteiger partial charge in [0.15, 0.2) is 0 Å². The Hall–Kier alpha value is -0.670. The summed E-state index contributed by atoms with van der Waals surface area (Å²) in [6.45, 7) is 2.71. The Morgan fingerprint density at radius 2 is 2.07 bits per heavy atom. The molecule has 14 heavy (non-hydrogen) atoms. The molecule has 1 aliphatic carbocycles. The van der Waals surface area contributed by atoms with Crippen LogP contribution in [0.4, 0.5) is 0 Å². The van der Waals surface area contributed by atoms with Gasteiger partial charge in [-0.3, -0.25) is 0 Å². The van der Waals surface area contributed by atoms with E-state index in [1.165, 1.54) is 17.7 Å². The molecule has 2 rings (SSSR count). The fourth-order valence-corrected chi connectivity index (χ4v) is 1.92. The number of nitrogens with zero attached hydrogens (tertiary/aromatic N) is 2. The highest BCUT2D eigenvalue weighted by Gasteiger charge is 2.16. The second kappa shape index (κ2) is 4.71. The summed E-state index contributed by atoms with van der Waals surface area (Å²) in [5.74, 6) is 0.917. The van der Waals surface area contributed by atoms with Crippen LogP contribution >= 0.6 is 12.4 Å². The first-order valence-corrected chi connectivity index (χ1v) is 4.86. The van der Waals surface area contributed by atoms with Gasteiger partial charge in [0.2, 0.25) is 0 Å². The van der Waals surface area contributed by atoms with E-state index in [9.17, 15) is 0 Å². The van der Waals surface area contributed by atoms with Gasteiger partial charge in [0, 0.05) is 17.8 Å². The predicted molar refractivity (Wildman–Crippen MR) is 58.8 cm³/mol. The number of hydrogen-bond acceptors (Lipinski definition) is 3. The summed E-state index contributed by atoms with van der Waals surface area (Å²) in [6, 6.07) is 0. The quantitative estimate of drug-likeness (QED) is 0.803. The zero-order valence-electron chi connectivity index (χ0n) is 8.42. The monoisotopic (exact) mass is 213 g/mol. The maximum atomic E-state index is 5.48. The van der Waals surface area contributed by atoms with Crippen LogP contribution in [0.25, 0.3) is 0 Å². The van der Waals surface area contributed by atoms with Crippen molar-refractivity contribution in [3.63, 3.8) is 0 Å². The normalized spacial score (nSPS) is 13.6. The molecule has 1 aliphatic rings. The minimum atomic E-state index is 0. The van der Waals surface area contributed by atoms with E-state index in [2.05, 4.69) is 16.9 Å². The van der Waals surface area contributed by atoms with E-state index in [-0.39, 0.29) is 12.4 Å². The summed E-state index contributed by atoms with van der Waals surface area (Å²) < 4.78 is 0. The average Bonchev–Trinajstić information content (AvgIpc) is 2.53. The lowest BCUT2D eigenvalue weighted by molar-refractivity contribution is 0.830. The van der Waals surface area contributed by atoms with E-state index in [4.69, 9.17) is 5.73 Å². The fourth-order valence-electron chi connectivity index (χ4n) is 1.92. The van der Waals surface area contributed by atoms with Gasteiger partial charge in [-0.05, 0) is 38.3 Å². The van der Waals surface area contributed by atoms with Gasteiger partial charge in [0.05, 0.1) is 0 Å². The highest BCUT2D eigenvalue weighted by molar-refractivity contribution is 5.85. The molecule has 0 amide bonds. The zero-order valence-corrected chi connectivity index (χ0v) is 9.23. The van der Waals surface area contributed by atoms with Crippen LogP contribution in [0.15, 0.2) is 0 Å². The summed E-state index contributed by atoms with van der Waals surface area (Å²) in [4.78, 5) is 8.96. The van der Waals surface area contributed by atoms with Crippen molar-refractivity contribution in [3.8, 4) is 0 Å². The first kappa shape index (κ1) is 11.4. The summed E-state index contributed by atoms with van der Waals surface area (Å²) in [7, 11) is 0. The molecule has 1 aromatic heterocycles. The van der Waals surface area contributed by atoms with E-state index >= 15 is 0 Å². The molecule has 0 bridgehead atoms. The van der Waals surface area contributed by atoms with Crippen LogP contribution in [-0.2, 0) is 19.3 Å². The third kappa shape index (κ3) is 2.04. The molecule has 2 N–H and O–H groups in total. The molecule has 0 saturated carbocycles. The molecule has 0 radical (unpaired) electrons. The molecular formula is C10H16ClN3. The highest BCUT2D eigenvalue weighted by atomic mass is 35.5. The minimum Gasteiger partial charge on any atom is -0.330 e. The van der Waals surface area contributed by atoms with Crippen LogP contribution in [0.2, 0.25) is 0 Å². The summed E-state index contributed by atoms with van der Waals surface area (Å²) >= 11 is 0. The Morgan fingerprint density at radius 1 is 1.29 bits per heavy atom. The smallest absolute Gasteiger partial charge is 0.130 e. The van der Waals surface area contributed by atoms with E-state index in [1.54, 1.807) is 0 Å². The van der Waals surface area contributed by atoms with Gasteiger partial charge < -0.3 is 5.73 Å². The fraction of sp³-hybridized carbons (Fsp3) is 0.600. The van der Waals surface area contributed by atoms with Crippen LogP contribution in [0, 0.1) is 6.92 Å². The Morgan fingerprint density at radius 3 is 2.79 bits per heavy atom. The molecule has 0 spiro atoms. The first-order valence-electron chi connectivity index (χ1n) is 4.86. The van der Waals surface area contributed by atoms with Crippen molar-refractivity contribution >= 4 is 12.4 Å². The molecule has 78 valence electrons. The van der Waals surface area contributed by atoms with E-state index in [1.807, 2.05) is 0 Å². The highest BCUT2D eigenvalue weighted by Crippen LogP contribution is 2.21. The topological polar surface area (TPSA) is 51.8 Å². The van der Waals surface area contributed by atoms with Crippen LogP contribution < -0.4 is 5.73 Å². The first-order chi connectivity index (χ1) is 6.31. The number of rotatable bonds is 2. The molecule has 1 aromatic rings. The molecular weight excluding hydrogens is 198 g/mol. The number of halogens is 1. The number of nitrogens with two attached hydrogens (primary N) is 1. The maximum absolute atomic E-state index is 5.48. The standard InChI is InChI=1S/C10H15N3.ClH/c1-7-8-3-2-4-9(8)13-10(12-7)5-6-11;/h2-6,11H2,1H3;1H. The maximum Gasteiger partial charge on any atom is 0.130 e. The van der Waals surface area contributed by atoms with Gasteiger partial charge in [-0.1, -0.05) is 0 Å². The summed E-state index contributed by atoms with van der Waals surface area (Å²) in [6.07, 6.45) is 4.31. The van der Waals surface area contributed by atoms with Gasteiger partial charge in [-0.2, -0.15) is 0 Å². The second-order valence-corrected chi connectivity index (χ2v) is 3.54. The Balaban J connectivity index is 0.000000980. The molecule has 0 atom stereocenters. The van der Waals surface area contributed by atoms with Crippen molar-refractivity contribution in [2.45, 2.75) is 32.6 Å². The van der Waals surface area contributed by atoms with Crippen molar-refractivity contribution < 1.29 is 0 Å². The molecule has 0 unspecified atom stereocenters. The Labute approximate surface area is 90.5 Å². The molecule has 1 heterocycles. The SMILES string of the molecule is Cc1nc(CCN)nc2c1CCC2.Cl. The van der Waals surface area contributed by atoms with Gasteiger partial charge >= 0.3 is 0 Å². The van der Waals surface area contributed by atoms with E-state index in [0.717, 1.165) is 30.8 Å². The van der Waals surface area contributed by atoms with E-state index < -0.39 is 0 Å². The van der Waals surface area contributed by atoms with Gasteiger partial charge in [-0.25, -0.2) is 9.97 Å². The third-order valence-electron chi connectivity index (χ3n) is 2.55. The van der Waals surface area contributed by atoms with Crippen molar-refractivity contribution in [3.05, 3.63) is 22.8 Å². The third-order valence-corrected chi connectivity index (χ3v) is 2.55. The number of aryl methyl sites for hydroxylation is 2. The molecule has 0 aliphatic heterocycles. The number of fused-ring (bicyclic) bond motifs is 1. The van der Waals surface area contributed by atoms with Gasteiger partial charge in [0.1, 0.15) is 5.82 Å². The predicted octanol–water partition coefficient (Wildman–Crippen LogP) is 1.20. The summed E-state index contributed by atoms with van der Waals surface area (Å²) in [5.41, 5.74) is 9.27. The zero-order chi connectivity index (χ0) is 9.26. The largest absolute Gasteiger partial charge is 0.330 e. The lowest BCUT2D eigenvalue weighted by Crippen LogP contribution is -2.09. The molecule has 4 heteroatoms. The van der Waals surface area contributed by atoms with Gasteiger partial charge in [0.25, 0.3) is 0 Å². The number of aromatic nitrogens is 2. The molecule has 0 aromatic carbocycles. The Kier molecular flexibility index (Phi) is 3.84. The van der Waals surface area contributed by atoms with E-state index in [0.29, 0.717) is 6.54 Å². The second-order valence-electron chi connectivity index (χ2n) is 3.54. The van der Waals surface area contributed by atoms with Crippen molar-refractivity contribution in [1.82, 2.24) is 9.97 Å². The Bertz CT molecular complexity index is 325. The van der Waals surface area contributed by atoms with Crippen LogP contribution in [0.1, 0.15) is 29.2 Å². The van der Waals surface area contributed by atoms with Crippen molar-refractivity contribution in [2.24, 2.45) is 5.73 Å². The van der Waals surface area contributed by atoms with Crippen LogP contribution in [-0.4, -0.2) is 16.5 Å². The van der Waals surface area contributed by atoms with Gasteiger partial charge in [-0.15, -0.1) is 12.4 Å². The minimum absolute atomic E-state index is 0. The van der Waals surface area contributed by atoms with Crippen molar-refractivity contribution in [1.29, 1.82) is 0 Å². The molecule has 0 fully saturated rings. The summed E-state index contributed by atoms with van der Waals surface area (Å²) in [5, 5.41) is 0. The average molecular weight is 214 g/mol. The van der Waals surface area contributed by atoms with Crippen LogP contribution in [0.5, 0.6) is 0 Å². The lowest BCUT2D eigenvalue weighted by Gasteiger charge is -2.05. The lowest BCUT2D eigenvalue weighted by atomic mass is 10.2. The number of hydrogen-bond donors (Lipinski definition) is 1. The van der Waals surface area contributed by atoms with Crippen LogP contribution in [0.3, 0.4) is 0 Å². The van der Waals surface area contributed by atoms with Crippen molar-refractivity contribution in [2.75, 3.05) is 6.54 Å².